The van der Waals surface area contributed by atoms with Crippen LogP contribution in [0.5, 0.6) is 0 Å². The van der Waals surface area contributed by atoms with Crippen LogP contribution in [0.15, 0.2) is 24.3 Å². The number of nitrogens with one attached hydrogen (secondary N) is 1. The molecule has 0 atom stereocenters. The molecule has 2 heteroatoms. The minimum atomic E-state index is -0.0874. The Morgan fingerprint density at radius 1 is 1.55 bits per heavy atom. The van der Waals surface area contributed by atoms with Crippen molar-refractivity contribution in [2.24, 2.45) is 0 Å². The number of hydrogen-bond donors (Lipinski definition) is 1. The third-order valence-corrected chi connectivity index (χ3v) is 1.21. The quantitative estimate of drug-likeness (QED) is 0.643. The molecule has 0 spiro atoms. The molecule has 1 aromatic rings. The summed E-state index contributed by atoms with van der Waals surface area (Å²) in [6.45, 7) is 6.94. The van der Waals surface area contributed by atoms with Gasteiger partial charge in [-0.1, -0.05) is 12.1 Å². The molecular formula is C9H9NO. The van der Waals surface area contributed by atoms with Gasteiger partial charge in [-0.25, -0.2) is 0 Å². The van der Waals surface area contributed by atoms with Crippen LogP contribution in [0.25, 0.3) is 0 Å². The molecule has 0 aliphatic heterocycles. The summed E-state index contributed by atoms with van der Waals surface area (Å²) < 4.78 is 0. The summed E-state index contributed by atoms with van der Waals surface area (Å²) in [5.41, 5.74) is 1.38. The van der Waals surface area contributed by atoms with Gasteiger partial charge in [-0.3, -0.25) is 4.79 Å². The highest BCUT2D eigenvalue weighted by Gasteiger charge is 1.93. The summed E-state index contributed by atoms with van der Waals surface area (Å²) in [7, 11) is 0. The zero-order valence-electron chi connectivity index (χ0n) is 6.29. The average molecular weight is 147 g/mol. The molecule has 1 N–H and O–H groups in total. The lowest BCUT2D eigenvalue weighted by atomic mass is 10.2. The fraction of sp³-hybridized carbons (Fsp3) is 0.111. The van der Waals surface area contributed by atoms with Crippen molar-refractivity contribution in [2.75, 3.05) is 5.32 Å². The van der Waals surface area contributed by atoms with Gasteiger partial charge in [0, 0.05) is 12.6 Å². The first-order chi connectivity index (χ1) is 5.18. The monoisotopic (exact) mass is 147 g/mol. The minimum Gasteiger partial charge on any atom is -0.326 e. The zero-order chi connectivity index (χ0) is 8.27. The SMILES string of the molecule is [CH]c1cccc(NC(C)=O)c1. The molecule has 11 heavy (non-hydrogen) atoms. The van der Waals surface area contributed by atoms with Crippen molar-refractivity contribution in [3.63, 3.8) is 0 Å². The Balaban J connectivity index is 2.79. The van der Waals surface area contributed by atoms with Gasteiger partial charge in [-0.15, -0.1) is 0 Å². The number of hydrogen-bond acceptors (Lipinski definition) is 1. The van der Waals surface area contributed by atoms with E-state index < -0.39 is 0 Å². The maximum atomic E-state index is 10.6. The summed E-state index contributed by atoms with van der Waals surface area (Å²) in [5.74, 6) is -0.0874. The van der Waals surface area contributed by atoms with Crippen LogP contribution in [-0.2, 0) is 4.79 Å². The Morgan fingerprint density at radius 3 is 2.82 bits per heavy atom. The van der Waals surface area contributed by atoms with Crippen molar-refractivity contribution in [1.29, 1.82) is 0 Å². The van der Waals surface area contributed by atoms with E-state index >= 15 is 0 Å². The van der Waals surface area contributed by atoms with E-state index in [0.717, 1.165) is 5.69 Å². The highest BCUT2D eigenvalue weighted by atomic mass is 16.1. The van der Waals surface area contributed by atoms with Gasteiger partial charge in [0.25, 0.3) is 0 Å². The highest BCUT2D eigenvalue weighted by Crippen LogP contribution is 2.08. The van der Waals surface area contributed by atoms with Crippen molar-refractivity contribution in [2.45, 2.75) is 6.92 Å². The number of carbonyl (C=O) groups excluding carboxylic acids is 1. The molecule has 1 rings (SSSR count). The minimum absolute atomic E-state index is 0.0874. The smallest absolute Gasteiger partial charge is 0.221 e. The Bertz CT molecular complexity index is 268. The summed E-state index contributed by atoms with van der Waals surface area (Å²) in [6, 6.07) is 7.06. The number of carbonyl (C=O) groups is 1. The van der Waals surface area contributed by atoms with Crippen molar-refractivity contribution in [3.8, 4) is 0 Å². The van der Waals surface area contributed by atoms with Gasteiger partial charge < -0.3 is 5.32 Å². The van der Waals surface area contributed by atoms with Crippen LogP contribution in [0.1, 0.15) is 12.5 Å². The lowest BCUT2D eigenvalue weighted by molar-refractivity contribution is -0.114. The van der Waals surface area contributed by atoms with E-state index in [1.165, 1.54) is 6.92 Å². The van der Waals surface area contributed by atoms with E-state index in [0.29, 0.717) is 5.56 Å². The predicted octanol–water partition coefficient (Wildman–Crippen LogP) is 1.70. The molecule has 0 aliphatic rings. The molecule has 1 aromatic carbocycles. The molecule has 0 fully saturated rings. The van der Waals surface area contributed by atoms with Crippen LogP contribution < -0.4 is 5.32 Å². The molecule has 0 aliphatic carbocycles. The van der Waals surface area contributed by atoms with Crippen LogP contribution in [0.4, 0.5) is 5.69 Å². The molecule has 0 unspecified atom stereocenters. The van der Waals surface area contributed by atoms with Crippen molar-refractivity contribution < 1.29 is 4.79 Å². The second-order valence-electron chi connectivity index (χ2n) is 2.31. The van der Waals surface area contributed by atoms with Crippen LogP contribution in [0.2, 0.25) is 0 Å². The van der Waals surface area contributed by atoms with Crippen LogP contribution in [-0.4, -0.2) is 5.91 Å². The first kappa shape index (κ1) is 7.79. The van der Waals surface area contributed by atoms with Gasteiger partial charge in [0.2, 0.25) is 5.91 Å². The zero-order valence-corrected chi connectivity index (χ0v) is 6.29. The van der Waals surface area contributed by atoms with E-state index in [1.807, 2.05) is 0 Å². The molecule has 1 amide bonds. The van der Waals surface area contributed by atoms with E-state index in [4.69, 9.17) is 6.92 Å². The molecule has 2 nitrogen and oxygen atoms in total. The van der Waals surface area contributed by atoms with E-state index in [1.54, 1.807) is 24.3 Å². The second kappa shape index (κ2) is 3.19. The Kier molecular flexibility index (Phi) is 2.26. The molecule has 0 saturated carbocycles. The standard InChI is InChI=1S/C9H9NO/c1-7-4-3-5-9(6-7)10-8(2)11/h1,3-6H,2H3,(H,10,11). The first-order valence-corrected chi connectivity index (χ1v) is 3.31. The fourth-order valence-corrected chi connectivity index (χ4v) is 0.820. The third kappa shape index (κ3) is 2.42. The van der Waals surface area contributed by atoms with E-state index in [9.17, 15) is 4.79 Å². The highest BCUT2D eigenvalue weighted by molar-refractivity contribution is 5.88. The van der Waals surface area contributed by atoms with Crippen molar-refractivity contribution >= 4 is 11.6 Å². The van der Waals surface area contributed by atoms with Crippen LogP contribution in [0.3, 0.4) is 0 Å². The second-order valence-corrected chi connectivity index (χ2v) is 2.31. The number of rotatable bonds is 1. The van der Waals surface area contributed by atoms with E-state index in [2.05, 4.69) is 5.32 Å². The van der Waals surface area contributed by atoms with Crippen molar-refractivity contribution in [1.82, 2.24) is 0 Å². The van der Waals surface area contributed by atoms with Crippen molar-refractivity contribution in [3.05, 3.63) is 36.8 Å². The first-order valence-electron chi connectivity index (χ1n) is 3.31. The fourth-order valence-electron chi connectivity index (χ4n) is 0.820. The van der Waals surface area contributed by atoms with Gasteiger partial charge in [0.1, 0.15) is 0 Å². The Labute approximate surface area is 66.2 Å². The molecule has 2 radical (unpaired) electrons. The molecule has 0 bridgehead atoms. The molecule has 0 saturated heterocycles. The number of benzene rings is 1. The van der Waals surface area contributed by atoms with Gasteiger partial charge in [0.15, 0.2) is 0 Å². The van der Waals surface area contributed by atoms with Crippen LogP contribution >= 0.6 is 0 Å². The summed E-state index contributed by atoms with van der Waals surface area (Å²) in [5, 5.41) is 2.63. The third-order valence-electron chi connectivity index (χ3n) is 1.21. The molecule has 56 valence electrons. The lowest BCUT2D eigenvalue weighted by Crippen LogP contribution is -2.05. The summed E-state index contributed by atoms with van der Waals surface area (Å²) >= 11 is 0. The molecule has 0 heterocycles. The lowest BCUT2D eigenvalue weighted by Gasteiger charge is -2.00. The summed E-state index contributed by atoms with van der Waals surface area (Å²) in [4.78, 5) is 10.6. The average Bonchev–Trinajstić information content (AvgIpc) is 1.85. The van der Waals surface area contributed by atoms with Gasteiger partial charge in [-0.2, -0.15) is 0 Å². The molecule has 0 aromatic heterocycles. The number of amides is 1. The Morgan fingerprint density at radius 2 is 2.27 bits per heavy atom. The topological polar surface area (TPSA) is 29.1 Å². The van der Waals surface area contributed by atoms with Gasteiger partial charge >= 0.3 is 0 Å². The summed E-state index contributed by atoms with van der Waals surface area (Å²) in [6.07, 6.45) is 0. The number of anilines is 1. The predicted molar refractivity (Wildman–Crippen MR) is 44.1 cm³/mol. The largest absolute Gasteiger partial charge is 0.326 e. The maximum Gasteiger partial charge on any atom is 0.221 e. The van der Waals surface area contributed by atoms with Gasteiger partial charge in [0.05, 0.1) is 0 Å². The normalized spacial score (nSPS) is 9.27. The maximum absolute atomic E-state index is 10.6. The Hall–Kier alpha value is -1.31. The van der Waals surface area contributed by atoms with Gasteiger partial charge in [-0.05, 0) is 24.6 Å². The van der Waals surface area contributed by atoms with E-state index in [-0.39, 0.29) is 5.91 Å². The molecular weight excluding hydrogens is 138 g/mol. The van der Waals surface area contributed by atoms with Crippen LogP contribution in [0, 0.1) is 6.92 Å².